The molecule has 1 aliphatic rings. The Morgan fingerprint density at radius 2 is 1.69 bits per heavy atom. The van der Waals surface area contributed by atoms with E-state index in [0.29, 0.717) is 6.54 Å². The summed E-state index contributed by atoms with van der Waals surface area (Å²) in [5.74, 6) is -2.42. The van der Waals surface area contributed by atoms with Crippen LogP contribution in [0.3, 0.4) is 0 Å². The quantitative estimate of drug-likeness (QED) is 0.663. The predicted octanol–water partition coefficient (Wildman–Crippen LogP) is 2.72. The Hall–Kier alpha value is -3.39. The third kappa shape index (κ3) is 8.03. The maximum Gasteiger partial charge on any atom is 0.414 e. The molecule has 0 aliphatic carbocycles. The minimum Gasteiger partial charge on any atom is -0.497 e. The van der Waals surface area contributed by atoms with E-state index in [1.165, 1.54) is 11.1 Å². The number of nitrogens with zero attached hydrogens (tertiary/aromatic N) is 2. The first kappa shape index (κ1) is 24.9. The van der Waals surface area contributed by atoms with Crippen molar-refractivity contribution in [3.05, 3.63) is 65.7 Å². The lowest BCUT2D eigenvalue weighted by molar-refractivity contribution is -0.159. The molecule has 8 nitrogen and oxygen atoms in total. The average Bonchev–Trinajstić information content (AvgIpc) is 2.80. The highest BCUT2D eigenvalue weighted by atomic mass is 16.5. The molecule has 2 N–H and O–H groups in total. The molecule has 0 aromatic heterocycles. The topological polar surface area (TPSA) is 107 Å². The molecule has 1 saturated heterocycles. The standard InChI is InChI=1S/C22H28N2O2.C2H2O4/c1-23(15-18-8-4-3-5-9-18)22(25)20-11-7-13-24(17-20)16-19-10-6-12-21(14-19)26-2;3-1(4)2(5)6/h3-6,8-10,12,14,20H,7,11,13,15-17H2,1-2H3;(H,3,4)(H,5,6). The van der Waals surface area contributed by atoms with Crippen molar-refractivity contribution in [3.63, 3.8) is 0 Å². The summed E-state index contributed by atoms with van der Waals surface area (Å²) in [5, 5.41) is 14.8. The number of hydrogen-bond acceptors (Lipinski definition) is 5. The molecule has 8 heteroatoms. The highest BCUT2D eigenvalue weighted by Gasteiger charge is 2.28. The van der Waals surface area contributed by atoms with Crippen molar-refractivity contribution in [1.82, 2.24) is 9.80 Å². The van der Waals surface area contributed by atoms with E-state index in [2.05, 4.69) is 29.2 Å². The van der Waals surface area contributed by atoms with Crippen LogP contribution < -0.4 is 4.74 Å². The van der Waals surface area contributed by atoms with Gasteiger partial charge < -0.3 is 19.8 Å². The van der Waals surface area contributed by atoms with E-state index >= 15 is 0 Å². The molecule has 0 spiro atoms. The molecule has 1 heterocycles. The molecule has 0 saturated carbocycles. The van der Waals surface area contributed by atoms with E-state index in [-0.39, 0.29) is 11.8 Å². The SMILES string of the molecule is COc1cccc(CN2CCCC(C(=O)N(C)Cc3ccccc3)C2)c1.O=C(O)C(=O)O. The van der Waals surface area contributed by atoms with Gasteiger partial charge in [0.15, 0.2) is 0 Å². The fourth-order valence-corrected chi connectivity index (χ4v) is 3.68. The van der Waals surface area contributed by atoms with Crippen molar-refractivity contribution in [2.45, 2.75) is 25.9 Å². The highest BCUT2D eigenvalue weighted by molar-refractivity contribution is 6.27. The van der Waals surface area contributed by atoms with Crippen molar-refractivity contribution in [2.24, 2.45) is 5.92 Å². The molecule has 1 aliphatic heterocycles. The van der Waals surface area contributed by atoms with E-state index < -0.39 is 11.9 Å². The van der Waals surface area contributed by atoms with Gasteiger partial charge >= 0.3 is 11.9 Å². The normalized spacial score (nSPS) is 15.8. The van der Waals surface area contributed by atoms with E-state index in [1.54, 1.807) is 7.11 Å². The van der Waals surface area contributed by atoms with Crippen LogP contribution in [0.5, 0.6) is 5.75 Å². The maximum absolute atomic E-state index is 12.9. The lowest BCUT2D eigenvalue weighted by Crippen LogP contribution is -2.43. The third-order valence-corrected chi connectivity index (χ3v) is 5.22. The van der Waals surface area contributed by atoms with Gasteiger partial charge in [0.25, 0.3) is 0 Å². The Labute approximate surface area is 188 Å². The van der Waals surface area contributed by atoms with E-state index in [9.17, 15) is 4.79 Å². The highest BCUT2D eigenvalue weighted by Crippen LogP contribution is 2.22. The number of likely N-dealkylation sites (tertiary alicyclic amines) is 1. The molecule has 0 radical (unpaired) electrons. The lowest BCUT2D eigenvalue weighted by atomic mass is 9.96. The molecule has 32 heavy (non-hydrogen) atoms. The van der Waals surface area contributed by atoms with E-state index in [4.69, 9.17) is 24.5 Å². The summed E-state index contributed by atoms with van der Waals surface area (Å²) in [6.45, 7) is 3.41. The number of ether oxygens (including phenoxy) is 1. The molecular weight excluding hydrogens is 412 g/mol. The van der Waals surface area contributed by atoms with Crippen LogP contribution in [0.15, 0.2) is 54.6 Å². The zero-order valence-corrected chi connectivity index (χ0v) is 18.4. The number of amides is 1. The minimum absolute atomic E-state index is 0.0862. The summed E-state index contributed by atoms with van der Waals surface area (Å²) >= 11 is 0. The van der Waals surface area contributed by atoms with E-state index in [0.717, 1.165) is 38.2 Å². The van der Waals surface area contributed by atoms with Crippen LogP contribution in [-0.2, 0) is 27.5 Å². The van der Waals surface area contributed by atoms with Gasteiger partial charge in [0.05, 0.1) is 13.0 Å². The largest absolute Gasteiger partial charge is 0.497 e. The van der Waals surface area contributed by atoms with Crippen LogP contribution in [0.2, 0.25) is 0 Å². The summed E-state index contributed by atoms with van der Waals surface area (Å²) in [6.07, 6.45) is 2.05. The molecule has 2 aromatic rings. The molecular formula is C24H30N2O6. The summed E-state index contributed by atoms with van der Waals surface area (Å²) < 4.78 is 5.31. The number of methoxy groups -OCH3 is 1. The van der Waals surface area contributed by atoms with Crippen LogP contribution in [0.25, 0.3) is 0 Å². The number of aliphatic carboxylic acids is 2. The molecule has 1 atom stereocenters. The second-order valence-corrected chi connectivity index (χ2v) is 7.72. The Kier molecular flexibility index (Phi) is 9.69. The van der Waals surface area contributed by atoms with Gasteiger partial charge in [-0.3, -0.25) is 9.69 Å². The number of carboxylic acid groups (broad SMARTS) is 2. The first-order valence-corrected chi connectivity index (χ1v) is 10.4. The number of carbonyl (C=O) groups is 3. The van der Waals surface area contributed by atoms with Crippen molar-refractivity contribution in [2.75, 3.05) is 27.2 Å². The van der Waals surface area contributed by atoms with Crippen molar-refractivity contribution >= 4 is 17.8 Å². The zero-order valence-electron chi connectivity index (χ0n) is 18.4. The summed E-state index contributed by atoms with van der Waals surface area (Å²) in [7, 11) is 3.60. The molecule has 0 bridgehead atoms. The molecule has 1 amide bonds. The van der Waals surface area contributed by atoms with Gasteiger partial charge in [-0.2, -0.15) is 0 Å². The summed E-state index contributed by atoms with van der Waals surface area (Å²) in [4.78, 5) is 35.3. The van der Waals surface area contributed by atoms with Gasteiger partial charge in [-0.1, -0.05) is 42.5 Å². The average molecular weight is 443 g/mol. The van der Waals surface area contributed by atoms with Gasteiger partial charge in [0, 0.05) is 26.7 Å². The number of rotatable bonds is 6. The molecule has 2 aromatic carbocycles. The Balaban J connectivity index is 0.000000534. The van der Waals surface area contributed by atoms with Crippen molar-refractivity contribution in [1.29, 1.82) is 0 Å². The van der Waals surface area contributed by atoms with Gasteiger partial charge in [0.1, 0.15) is 5.75 Å². The third-order valence-electron chi connectivity index (χ3n) is 5.22. The second-order valence-electron chi connectivity index (χ2n) is 7.72. The monoisotopic (exact) mass is 442 g/mol. The molecule has 1 unspecified atom stereocenters. The first-order chi connectivity index (χ1) is 15.3. The predicted molar refractivity (Wildman–Crippen MR) is 119 cm³/mol. The first-order valence-electron chi connectivity index (χ1n) is 10.4. The minimum atomic E-state index is -1.82. The fourth-order valence-electron chi connectivity index (χ4n) is 3.68. The van der Waals surface area contributed by atoms with E-state index in [1.807, 2.05) is 42.3 Å². The Morgan fingerprint density at radius 3 is 2.31 bits per heavy atom. The van der Waals surface area contributed by atoms with Crippen molar-refractivity contribution < 1.29 is 29.3 Å². The van der Waals surface area contributed by atoms with Gasteiger partial charge in [-0.05, 0) is 42.6 Å². The van der Waals surface area contributed by atoms with Gasteiger partial charge in [-0.15, -0.1) is 0 Å². The maximum atomic E-state index is 12.9. The fraction of sp³-hybridized carbons (Fsp3) is 0.375. The second kappa shape index (κ2) is 12.5. The summed E-state index contributed by atoms with van der Waals surface area (Å²) in [5.41, 5.74) is 2.41. The molecule has 3 rings (SSSR count). The number of hydrogen-bond donors (Lipinski definition) is 2. The van der Waals surface area contributed by atoms with Crippen LogP contribution in [-0.4, -0.2) is 65.1 Å². The summed E-state index contributed by atoms with van der Waals surface area (Å²) in [6, 6.07) is 18.4. The Morgan fingerprint density at radius 1 is 1.03 bits per heavy atom. The number of benzene rings is 2. The number of piperidine rings is 1. The smallest absolute Gasteiger partial charge is 0.414 e. The number of carboxylic acids is 2. The lowest BCUT2D eigenvalue weighted by Gasteiger charge is -2.34. The van der Waals surface area contributed by atoms with Crippen LogP contribution in [0, 0.1) is 5.92 Å². The van der Waals surface area contributed by atoms with Gasteiger partial charge in [0.2, 0.25) is 5.91 Å². The van der Waals surface area contributed by atoms with Crippen LogP contribution >= 0.6 is 0 Å². The molecule has 172 valence electrons. The number of carbonyl (C=O) groups excluding carboxylic acids is 1. The van der Waals surface area contributed by atoms with Gasteiger partial charge in [-0.25, -0.2) is 9.59 Å². The Bertz CT molecular complexity index is 890. The van der Waals surface area contributed by atoms with Crippen molar-refractivity contribution in [3.8, 4) is 5.75 Å². The zero-order chi connectivity index (χ0) is 23.5. The van der Waals surface area contributed by atoms with Crippen LogP contribution in [0.4, 0.5) is 0 Å². The molecule has 1 fully saturated rings. The van der Waals surface area contributed by atoms with Crippen LogP contribution in [0.1, 0.15) is 24.0 Å².